The first kappa shape index (κ1) is 23.8. The average molecular weight is 493 g/mol. The fourth-order valence-corrected chi connectivity index (χ4v) is 2.77. The highest BCUT2D eigenvalue weighted by molar-refractivity contribution is 14.0. The molecule has 154 valence electrons. The summed E-state index contributed by atoms with van der Waals surface area (Å²) < 4.78 is 21.8. The molecule has 0 spiro atoms. The van der Waals surface area contributed by atoms with Crippen molar-refractivity contribution in [2.24, 2.45) is 4.99 Å². The van der Waals surface area contributed by atoms with Gasteiger partial charge in [-0.15, -0.1) is 24.0 Å². The number of guanidine groups is 1. The van der Waals surface area contributed by atoms with Gasteiger partial charge >= 0.3 is 0 Å². The molecule has 1 unspecified atom stereocenters. The van der Waals surface area contributed by atoms with Gasteiger partial charge in [0.05, 0.1) is 26.9 Å². The Morgan fingerprint density at radius 1 is 1.26 bits per heavy atom. The lowest BCUT2D eigenvalue weighted by atomic mass is 10.2. The molecule has 7 nitrogen and oxygen atoms in total. The van der Waals surface area contributed by atoms with Gasteiger partial charge in [-0.1, -0.05) is 0 Å². The maximum Gasteiger partial charge on any atom is 0.191 e. The summed E-state index contributed by atoms with van der Waals surface area (Å²) in [7, 11) is 5.06. The number of nitrogens with one attached hydrogen (secondary N) is 2. The average Bonchev–Trinajstić information content (AvgIpc) is 3.20. The predicted octanol–water partition coefficient (Wildman–Crippen LogP) is 2.57. The van der Waals surface area contributed by atoms with E-state index in [4.69, 9.17) is 18.9 Å². The van der Waals surface area contributed by atoms with Crippen molar-refractivity contribution in [1.82, 2.24) is 10.6 Å². The molecule has 1 aromatic carbocycles. The van der Waals surface area contributed by atoms with Crippen molar-refractivity contribution in [2.45, 2.75) is 31.9 Å². The van der Waals surface area contributed by atoms with E-state index in [1.54, 1.807) is 21.3 Å². The zero-order valence-electron chi connectivity index (χ0n) is 16.5. The molecule has 2 N–H and O–H groups in total. The monoisotopic (exact) mass is 493 g/mol. The molecular formula is C19H32IN3O4. The third-order valence-electron chi connectivity index (χ3n) is 4.25. The van der Waals surface area contributed by atoms with E-state index in [1.807, 2.05) is 18.2 Å². The van der Waals surface area contributed by atoms with Crippen molar-refractivity contribution >= 4 is 29.9 Å². The van der Waals surface area contributed by atoms with Crippen molar-refractivity contribution in [3.8, 4) is 11.5 Å². The van der Waals surface area contributed by atoms with E-state index in [1.165, 1.54) is 0 Å². The van der Waals surface area contributed by atoms with Crippen LogP contribution in [-0.2, 0) is 16.0 Å². The van der Waals surface area contributed by atoms with E-state index >= 15 is 0 Å². The Labute approximate surface area is 179 Å². The number of halogens is 1. The molecule has 0 radical (unpaired) electrons. The highest BCUT2D eigenvalue weighted by atomic mass is 127. The number of nitrogens with zero attached hydrogens (tertiary/aromatic N) is 1. The third-order valence-corrected chi connectivity index (χ3v) is 4.25. The number of hydrogen-bond donors (Lipinski definition) is 2. The van der Waals surface area contributed by atoms with Gasteiger partial charge in [-0.25, -0.2) is 0 Å². The van der Waals surface area contributed by atoms with E-state index in [9.17, 15) is 0 Å². The number of benzene rings is 1. The van der Waals surface area contributed by atoms with Crippen LogP contribution in [0, 0.1) is 0 Å². The summed E-state index contributed by atoms with van der Waals surface area (Å²) in [6.07, 6.45) is 3.47. The summed E-state index contributed by atoms with van der Waals surface area (Å²) in [4.78, 5) is 4.24. The molecule has 0 saturated carbocycles. The van der Waals surface area contributed by atoms with Crippen molar-refractivity contribution in [3.63, 3.8) is 0 Å². The summed E-state index contributed by atoms with van der Waals surface area (Å²) in [6, 6.07) is 5.77. The van der Waals surface area contributed by atoms with Crippen molar-refractivity contribution < 1.29 is 18.9 Å². The van der Waals surface area contributed by atoms with Gasteiger partial charge < -0.3 is 29.6 Å². The fraction of sp³-hybridized carbons (Fsp3) is 0.632. The van der Waals surface area contributed by atoms with Gasteiger partial charge in [0.1, 0.15) is 11.5 Å². The lowest BCUT2D eigenvalue weighted by Gasteiger charge is -2.15. The smallest absolute Gasteiger partial charge is 0.191 e. The fourth-order valence-electron chi connectivity index (χ4n) is 2.77. The van der Waals surface area contributed by atoms with E-state index in [2.05, 4.69) is 15.6 Å². The summed E-state index contributed by atoms with van der Waals surface area (Å²) in [6.45, 7) is 3.70. The second-order valence-corrected chi connectivity index (χ2v) is 6.09. The molecule has 1 fully saturated rings. The van der Waals surface area contributed by atoms with Crippen LogP contribution in [0.25, 0.3) is 0 Å². The molecule has 2 rings (SSSR count). The molecule has 1 saturated heterocycles. The Morgan fingerprint density at radius 2 is 2.11 bits per heavy atom. The van der Waals surface area contributed by atoms with E-state index in [-0.39, 0.29) is 30.1 Å². The number of rotatable bonds is 10. The van der Waals surface area contributed by atoms with Gasteiger partial charge in [0.2, 0.25) is 0 Å². The summed E-state index contributed by atoms with van der Waals surface area (Å²) >= 11 is 0. The van der Waals surface area contributed by atoms with Crippen LogP contribution in [0.2, 0.25) is 0 Å². The van der Waals surface area contributed by atoms with Gasteiger partial charge in [0, 0.05) is 45.0 Å². The number of methoxy groups -OCH3 is 2. The maximum atomic E-state index is 5.66. The number of hydrogen-bond acceptors (Lipinski definition) is 5. The van der Waals surface area contributed by atoms with E-state index in [0.29, 0.717) is 13.2 Å². The van der Waals surface area contributed by atoms with E-state index in [0.717, 1.165) is 62.0 Å². The molecule has 1 aromatic rings. The molecule has 1 heterocycles. The molecule has 1 atom stereocenters. The Bertz CT molecular complexity index is 566. The quantitative estimate of drug-likeness (QED) is 0.226. The van der Waals surface area contributed by atoms with Crippen LogP contribution in [0.1, 0.15) is 24.8 Å². The number of aliphatic imine (C=N–C) groups is 1. The lowest BCUT2D eigenvalue weighted by Crippen LogP contribution is -2.37. The molecule has 0 aromatic heterocycles. The SMILES string of the molecule is CN=C(NCCCOCC1CCCO1)NCc1ccc(OC)cc1OC.I. The normalized spacial score (nSPS) is 16.6. The van der Waals surface area contributed by atoms with Gasteiger partial charge in [-0.05, 0) is 31.4 Å². The zero-order chi connectivity index (χ0) is 18.6. The second kappa shape index (κ2) is 13.8. The third kappa shape index (κ3) is 8.52. The van der Waals surface area contributed by atoms with Crippen molar-refractivity contribution in [1.29, 1.82) is 0 Å². The molecular weight excluding hydrogens is 461 g/mol. The lowest BCUT2D eigenvalue weighted by molar-refractivity contribution is 0.0168. The Kier molecular flexibility index (Phi) is 12.2. The molecule has 1 aliphatic heterocycles. The van der Waals surface area contributed by atoms with Gasteiger partial charge in [0.25, 0.3) is 0 Å². The molecule has 0 bridgehead atoms. The Hall–Kier alpha value is -1.26. The van der Waals surface area contributed by atoms with Gasteiger partial charge in [0.15, 0.2) is 5.96 Å². The highest BCUT2D eigenvalue weighted by Crippen LogP contribution is 2.24. The van der Waals surface area contributed by atoms with Gasteiger partial charge in [-0.3, -0.25) is 4.99 Å². The summed E-state index contributed by atoms with van der Waals surface area (Å²) in [5, 5.41) is 6.58. The summed E-state index contributed by atoms with van der Waals surface area (Å²) in [5.74, 6) is 2.31. The van der Waals surface area contributed by atoms with Crippen LogP contribution in [0.3, 0.4) is 0 Å². The van der Waals surface area contributed by atoms with Gasteiger partial charge in [-0.2, -0.15) is 0 Å². The zero-order valence-corrected chi connectivity index (χ0v) is 18.8. The number of ether oxygens (including phenoxy) is 4. The largest absolute Gasteiger partial charge is 0.497 e. The predicted molar refractivity (Wildman–Crippen MR) is 118 cm³/mol. The maximum absolute atomic E-state index is 5.66. The molecule has 0 aliphatic carbocycles. The highest BCUT2D eigenvalue weighted by Gasteiger charge is 2.14. The first-order valence-corrected chi connectivity index (χ1v) is 9.11. The first-order chi connectivity index (χ1) is 12.8. The first-order valence-electron chi connectivity index (χ1n) is 9.11. The van der Waals surface area contributed by atoms with Crippen LogP contribution in [0.5, 0.6) is 11.5 Å². The second-order valence-electron chi connectivity index (χ2n) is 6.09. The minimum absolute atomic E-state index is 0. The minimum Gasteiger partial charge on any atom is -0.497 e. The Balaban J connectivity index is 0.00000364. The Morgan fingerprint density at radius 3 is 2.78 bits per heavy atom. The van der Waals surface area contributed by atoms with Crippen LogP contribution >= 0.6 is 24.0 Å². The van der Waals surface area contributed by atoms with E-state index < -0.39 is 0 Å². The molecule has 8 heteroatoms. The molecule has 27 heavy (non-hydrogen) atoms. The van der Waals surface area contributed by atoms with Crippen LogP contribution < -0.4 is 20.1 Å². The van der Waals surface area contributed by atoms with Crippen LogP contribution in [0.15, 0.2) is 23.2 Å². The molecule has 0 amide bonds. The molecule has 1 aliphatic rings. The van der Waals surface area contributed by atoms with Crippen LogP contribution in [-0.4, -0.2) is 59.7 Å². The van der Waals surface area contributed by atoms with Crippen LogP contribution in [0.4, 0.5) is 0 Å². The minimum atomic E-state index is 0. The topological polar surface area (TPSA) is 73.3 Å². The standard InChI is InChI=1S/C19H31N3O4.HI/c1-20-19(21-9-5-10-25-14-17-6-4-11-26-17)22-13-15-7-8-16(23-2)12-18(15)24-3;/h7-8,12,17H,4-6,9-11,13-14H2,1-3H3,(H2,20,21,22);1H. The van der Waals surface area contributed by atoms with Crippen molar-refractivity contribution in [2.75, 3.05) is 47.6 Å². The summed E-state index contributed by atoms with van der Waals surface area (Å²) in [5.41, 5.74) is 1.04. The van der Waals surface area contributed by atoms with Crippen molar-refractivity contribution in [3.05, 3.63) is 23.8 Å².